The number of benzene rings is 2. The van der Waals surface area contributed by atoms with E-state index in [0.717, 1.165) is 18.3 Å². The molecule has 0 aromatic heterocycles. The summed E-state index contributed by atoms with van der Waals surface area (Å²) in [5, 5.41) is 5.49. The SMILES string of the molecule is CC(C)(C)c1ccc2[cH-]c3ccc(C(C)(C)C)cc3c2c1.CC(C)C[C](=[Zr+2])CC(C)C.[C-]1=CC=CC1. The Kier molecular flexibility index (Phi) is 11.4. The molecule has 1 aliphatic rings. The van der Waals surface area contributed by atoms with Gasteiger partial charge in [-0.25, -0.2) is 12.2 Å². The molecule has 3 aromatic carbocycles. The van der Waals surface area contributed by atoms with Crippen LogP contribution in [-0.2, 0) is 35.1 Å². The smallest absolute Gasteiger partial charge is 0.109 e. The van der Waals surface area contributed by atoms with Gasteiger partial charge in [0.1, 0.15) is 0 Å². The quantitative estimate of drug-likeness (QED) is 0.279. The summed E-state index contributed by atoms with van der Waals surface area (Å²) in [5.74, 6) is 1.71. The van der Waals surface area contributed by atoms with Crippen LogP contribution >= 0.6 is 0 Å². The van der Waals surface area contributed by atoms with Crippen molar-refractivity contribution in [3.8, 4) is 0 Å². The van der Waals surface area contributed by atoms with Crippen LogP contribution in [0.5, 0.6) is 0 Å². The first-order chi connectivity index (χ1) is 16.7. The molecule has 0 fully saturated rings. The molecule has 1 heteroatoms. The number of fused-ring (bicyclic) bond motifs is 3. The monoisotopic (exact) mass is 558 g/mol. The molecule has 0 nitrogen and oxygen atoms in total. The minimum absolute atomic E-state index is 0.194. The largest absolute Gasteiger partial charge is 0.273 e. The standard InChI is InChI=1S/C21H25.C9H18.C5H5.Zr/c1-20(2,3)16-9-7-14-11-15-8-10-17(21(4,5)6)13-19(15)18(14)12-16;1-8(2)6-5-7-9(3)4;1-2-4-5-3-1;/h7-13H,1-6H3;8-9H,6-7H2,1-4H3;1-3H,4H2;/q-1;;-1;+2. The van der Waals surface area contributed by atoms with Gasteiger partial charge >= 0.3 is 79.8 Å². The maximum atomic E-state index is 2.99. The predicted molar refractivity (Wildman–Crippen MR) is 160 cm³/mol. The third-order valence-corrected chi connectivity index (χ3v) is 7.34. The van der Waals surface area contributed by atoms with Crippen LogP contribution in [-0.4, -0.2) is 3.21 Å². The molecule has 1 aliphatic carbocycles. The Balaban J connectivity index is 0.000000252. The van der Waals surface area contributed by atoms with Gasteiger partial charge < -0.3 is 0 Å². The van der Waals surface area contributed by atoms with E-state index in [0.29, 0.717) is 0 Å². The van der Waals surface area contributed by atoms with E-state index in [4.69, 9.17) is 0 Å². The van der Waals surface area contributed by atoms with Gasteiger partial charge in [-0.3, -0.25) is 6.08 Å². The van der Waals surface area contributed by atoms with E-state index in [9.17, 15) is 0 Å². The Morgan fingerprint density at radius 3 is 1.53 bits per heavy atom. The molecule has 0 spiro atoms. The molecule has 4 rings (SSSR count). The average molecular weight is 560 g/mol. The number of allylic oxidation sites excluding steroid dienone is 4. The molecule has 0 saturated heterocycles. The summed E-state index contributed by atoms with van der Waals surface area (Å²) >= 11 is 1.65. The van der Waals surface area contributed by atoms with E-state index in [1.54, 1.807) is 27.4 Å². The van der Waals surface area contributed by atoms with Gasteiger partial charge in [-0.05, 0) is 10.8 Å². The summed E-state index contributed by atoms with van der Waals surface area (Å²) in [6, 6.07) is 16.1. The van der Waals surface area contributed by atoms with Gasteiger partial charge in [-0.1, -0.05) is 76.9 Å². The minimum Gasteiger partial charge on any atom is -0.273 e. The van der Waals surface area contributed by atoms with E-state index >= 15 is 0 Å². The predicted octanol–water partition coefficient (Wildman–Crippen LogP) is 10.4. The summed E-state index contributed by atoms with van der Waals surface area (Å²) in [5.41, 5.74) is 3.20. The zero-order valence-electron chi connectivity index (χ0n) is 24.5. The molecule has 192 valence electrons. The van der Waals surface area contributed by atoms with Crippen molar-refractivity contribution in [1.29, 1.82) is 0 Å². The van der Waals surface area contributed by atoms with Crippen LogP contribution in [0, 0.1) is 17.9 Å². The molecule has 3 aromatic rings. The van der Waals surface area contributed by atoms with Gasteiger partial charge in [0.2, 0.25) is 0 Å². The fraction of sp³-hybridized carbons (Fsp3) is 0.486. The van der Waals surface area contributed by atoms with Gasteiger partial charge in [-0.2, -0.15) is 6.08 Å². The topological polar surface area (TPSA) is 0 Å². The Bertz CT molecular complexity index is 1090. The van der Waals surface area contributed by atoms with Crippen molar-refractivity contribution in [1.82, 2.24) is 0 Å². The third kappa shape index (κ3) is 9.78. The molecule has 0 bridgehead atoms. The van der Waals surface area contributed by atoms with Crippen LogP contribution in [0.4, 0.5) is 0 Å². The molecule has 36 heavy (non-hydrogen) atoms. The van der Waals surface area contributed by atoms with Crippen molar-refractivity contribution in [3.63, 3.8) is 0 Å². The van der Waals surface area contributed by atoms with Gasteiger partial charge in [-0.15, -0.1) is 46.2 Å². The Hall–Kier alpha value is -1.46. The van der Waals surface area contributed by atoms with Crippen LogP contribution in [0.3, 0.4) is 0 Å². The molecule has 0 heterocycles. The maximum Gasteiger partial charge on any atom is -0.109 e. The normalized spacial score (nSPS) is 13.3. The van der Waals surface area contributed by atoms with E-state index in [2.05, 4.69) is 124 Å². The second-order valence-electron chi connectivity index (χ2n) is 13.1. The van der Waals surface area contributed by atoms with Crippen LogP contribution in [0.25, 0.3) is 21.5 Å². The summed E-state index contributed by atoms with van der Waals surface area (Å²) in [6.45, 7) is 22.8. The number of hydrogen-bond donors (Lipinski definition) is 0. The second-order valence-corrected chi connectivity index (χ2v) is 14.8. The summed E-state index contributed by atoms with van der Waals surface area (Å²) in [6.07, 6.45) is 12.7. The molecule has 0 aliphatic heterocycles. The Labute approximate surface area is 237 Å². The van der Waals surface area contributed by atoms with Crippen molar-refractivity contribution < 1.29 is 24.2 Å². The molecule has 0 unspecified atom stereocenters. The summed E-state index contributed by atoms with van der Waals surface area (Å²) in [7, 11) is 0. The van der Waals surface area contributed by atoms with Crippen molar-refractivity contribution in [2.24, 2.45) is 11.8 Å². The zero-order valence-corrected chi connectivity index (χ0v) is 27.0. The van der Waals surface area contributed by atoms with Gasteiger partial charge in [0.15, 0.2) is 0 Å². The van der Waals surface area contributed by atoms with E-state index in [1.165, 1.54) is 45.5 Å². The van der Waals surface area contributed by atoms with E-state index < -0.39 is 0 Å². The molecule has 0 saturated carbocycles. The first kappa shape index (κ1) is 30.8. The Morgan fingerprint density at radius 1 is 0.806 bits per heavy atom. The van der Waals surface area contributed by atoms with Crippen molar-refractivity contribution in [2.45, 2.75) is 99.3 Å². The molecule has 0 radical (unpaired) electrons. The van der Waals surface area contributed by atoms with E-state index in [1.807, 2.05) is 12.2 Å². The molecular formula is C35H48Zr. The zero-order chi connectivity index (χ0) is 27.1. The van der Waals surface area contributed by atoms with Gasteiger partial charge in [0.25, 0.3) is 0 Å². The maximum absolute atomic E-state index is 2.99. The fourth-order valence-corrected chi connectivity index (χ4v) is 6.35. The average Bonchev–Trinajstić information content (AvgIpc) is 3.42. The van der Waals surface area contributed by atoms with E-state index in [-0.39, 0.29) is 10.8 Å². The first-order valence-electron chi connectivity index (χ1n) is 13.6. The number of hydrogen-bond acceptors (Lipinski definition) is 0. The number of rotatable bonds is 4. The summed E-state index contributed by atoms with van der Waals surface area (Å²) in [4.78, 5) is 0. The second kappa shape index (κ2) is 13.4. The fourth-order valence-electron chi connectivity index (χ4n) is 4.34. The third-order valence-electron chi connectivity index (χ3n) is 6.33. The van der Waals surface area contributed by atoms with Crippen molar-refractivity contribution in [2.75, 3.05) is 0 Å². The molecule has 0 N–H and O–H groups in total. The van der Waals surface area contributed by atoms with Crippen LogP contribution in [0.15, 0.2) is 60.7 Å². The molecule has 0 amide bonds. The summed E-state index contributed by atoms with van der Waals surface area (Å²) < 4.78 is 1.75. The Morgan fingerprint density at radius 2 is 1.25 bits per heavy atom. The van der Waals surface area contributed by atoms with Crippen LogP contribution < -0.4 is 0 Å². The first-order valence-corrected chi connectivity index (χ1v) is 14.8. The van der Waals surface area contributed by atoms with Crippen LogP contribution in [0.1, 0.15) is 99.6 Å². The van der Waals surface area contributed by atoms with Crippen LogP contribution in [0.2, 0.25) is 0 Å². The van der Waals surface area contributed by atoms with Gasteiger partial charge in [0, 0.05) is 0 Å². The minimum atomic E-state index is 0.194. The van der Waals surface area contributed by atoms with Crippen molar-refractivity contribution in [3.05, 3.63) is 77.9 Å². The van der Waals surface area contributed by atoms with Gasteiger partial charge in [0.05, 0.1) is 0 Å². The molecule has 0 atom stereocenters. The molecular weight excluding hydrogens is 512 g/mol. The van der Waals surface area contributed by atoms with Crippen molar-refractivity contribution >= 4 is 24.8 Å².